The summed E-state index contributed by atoms with van der Waals surface area (Å²) in [6.07, 6.45) is 3.66. The molecular weight excluding hydrogens is 562 g/mol. The summed E-state index contributed by atoms with van der Waals surface area (Å²) < 4.78 is 18.6. The van der Waals surface area contributed by atoms with Crippen LogP contribution in [0.25, 0.3) is 33.9 Å². The lowest BCUT2D eigenvalue weighted by Crippen LogP contribution is -2.32. The number of nitrogens with zero attached hydrogens (tertiary/aromatic N) is 3. The maximum Gasteiger partial charge on any atom is 0.335 e. The third-order valence-corrected chi connectivity index (χ3v) is 8.62. The van der Waals surface area contributed by atoms with Gasteiger partial charge >= 0.3 is 11.9 Å². The molecule has 2 aromatic heterocycles. The summed E-state index contributed by atoms with van der Waals surface area (Å²) in [5, 5.41) is 9.45. The van der Waals surface area contributed by atoms with Crippen molar-refractivity contribution < 1.29 is 28.9 Å². The smallest absolute Gasteiger partial charge is 0.335 e. The van der Waals surface area contributed by atoms with E-state index in [1.54, 1.807) is 38.2 Å². The molecule has 0 unspecified atom stereocenters. The van der Waals surface area contributed by atoms with Crippen LogP contribution in [-0.2, 0) is 21.0 Å². The minimum atomic E-state index is -1.24. The van der Waals surface area contributed by atoms with E-state index in [0.717, 1.165) is 22.9 Å². The predicted octanol–water partition coefficient (Wildman–Crippen LogP) is 6.87. The fourth-order valence-corrected chi connectivity index (χ4v) is 5.01. The highest BCUT2D eigenvalue weighted by molar-refractivity contribution is 6.76. The largest absolute Gasteiger partial charge is 0.492 e. The molecule has 0 spiro atoms. The molecule has 0 atom stereocenters. The number of esters is 1. The minimum absolute atomic E-state index is 0.197. The van der Waals surface area contributed by atoms with Crippen LogP contribution in [0.4, 0.5) is 0 Å². The summed E-state index contributed by atoms with van der Waals surface area (Å²) in [5.41, 5.74) is 3.32. The first-order valence-electron chi connectivity index (χ1n) is 14.1. The summed E-state index contributed by atoms with van der Waals surface area (Å²) in [5.74, 6) is 0.0152. The summed E-state index contributed by atoms with van der Waals surface area (Å²) in [7, 11) is 0.127. The molecule has 9 nitrogen and oxygen atoms in total. The molecule has 0 saturated carbocycles. The van der Waals surface area contributed by atoms with Crippen LogP contribution < -0.4 is 4.74 Å². The van der Waals surface area contributed by atoms with Crippen molar-refractivity contribution in [3.63, 3.8) is 0 Å². The molecule has 1 N–H and O–H groups in total. The molecule has 43 heavy (non-hydrogen) atoms. The van der Waals surface area contributed by atoms with Crippen LogP contribution in [0.5, 0.6) is 5.75 Å². The van der Waals surface area contributed by atoms with Gasteiger partial charge in [-0.1, -0.05) is 31.8 Å². The molecule has 0 fully saturated rings. The second-order valence-electron chi connectivity index (χ2n) is 12.3. The first-order chi connectivity index (χ1) is 20.4. The molecule has 0 amide bonds. The first-order valence-corrected chi connectivity index (χ1v) is 17.8. The van der Waals surface area contributed by atoms with Gasteiger partial charge in [0.05, 0.1) is 29.5 Å². The molecule has 0 bridgehead atoms. The van der Waals surface area contributed by atoms with Gasteiger partial charge in [-0.3, -0.25) is 9.78 Å². The number of carbonyl (C=O) groups is 2. The number of hydrogen-bond donors (Lipinski definition) is 1. The second-order valence-corrected chi connectivity index (χ2v) is 17.9. The topological polar surface area (TPSA) is 113 Å². The number of carboxylic acids is 1. The van der Waals surface area contributed by atoms with Gasteiger partial charge in [-0.15, -0.1) is 0 Å². The molecule has 10 heteroatoms. The third kappa shape index (κ3) is 8.39. The molecule has 0 aliphatic carbocycles. The lowest BCUT2D eigenvalue weighted by molar-refractivity contribution is -0.152. The van der Waals surface area contributed by atoms with E-state index in [-0.39, 0.29) is 18.1 Å². The number of aromatic carboxylic acids is 1. The normalized spacial score (nSPS) is 11.8. The van der Waals surface area contributed by atoms with E-state index in [0.29, 0.717) is 36.2 Å². The van der Waals surface area contributed by atoms with Crippen LogP contribution in [0.15, 0.2) is 73.1 Å². The van der Waals surface area contributed by atoms with E-state index in [1.807, 2.05) is 53.2 Å². The molecule has 4 aromatic rings. The number of carboxylic acid groups (broad SMARTS) is 1. The Hall–Kier alpha value is -4.28. The Morgan fingerprint density at radius 1 is 0.953 bits per heavy atom. The molecule has 2 aromatic carbocycles. The minimum Gasteiger partial charge on any atom is -0.492 e. The highest BCUT2D eigenvalue weighted by Gasteiger charge is 2.29. The molecule has 0 aliphatic rings. The van der Waals surface area contributed by atoms with Gasteiger partial charge in [0.2, 0.25) is 0 Å². The fourth-order valence-electron chi connectivity index (χ4n) is 4.25. The zero-order valence-corrected chi connectivity index (χ0v) is 26.6. The van der Waals surface area contributed by atoms with E-state index in [1.165, 1.54) is 7.11 Å². The molecule has 226 valence electrons. The average Bonchev–Trinajstić information content (AvgIpc) is 3.42. The predicted molar refractivity (Wildman–Crippen MR) is 169 cm³/mol. The van der Waals surface area contributed by atoms with Gasteiger partial charge in [-0.05, 0) is 68.4 Å². The number of carbonyl (C=O) groups excluding carboxylic acids is 1. The molecule has 0 saturated heterocycles. The number of methoxy groups -OCH3 is 1. The Morgan fingerprint density at radius 3 is 2.30 bits per heavy atom. The zero-order chi connectivity index (χ0) is 31.2. The van der Waals surface area contributed by atoms with Crippen molar-refractivity contribution in [2.75, 3.05) is 20.3 Å². The van der Waals surface area contributed by atoms with Gasteiger partial charge in [-0.2, -0.15) is 0 Å². The van der Waals surface area contributed by atoms with E-state index >= 15 is 0 Å². The Balaban J connectivity index is 1.54. The van der Waals surface area contributed by atoms with Crippen molar-refractivity contribution in [2.45, 2.75) is 46.3 Å². The molecule has 4 rings (SSSR count). The summed E-state index contributed by atoms with van der Waals surface area (Å²) in [6.45, 7) is 11.7. The van der Waals surface area contributed by atoms with Crippen LogP contribution >= 0.6 is 0 Å². The van der Waals surface area contributed by atoms with E-state index < -0.39 is 19.5 Å². The number of aromatic nitrogens is 3. The quantitative estimate of drug-likeness (QED) is 0.100. The van der Waals surface area contributed by atoms with Gasteiger partial charge in [0.15, 0.2) is 0 Å². The van der Waals surface area contributed by atoms with Crippen LogP contribution in [0.1, 0.15) is 24.2 Å². The van der Waals surface area contributed by atoms with Gasteiger partial charge in [0.25, 0.3) is 0 Å². The Bertz CT molecular complexity index is 1560. The first kappa shape index (κ1) is 31.6. The van der Waals surface area contributed by atoms with E-state index in [9.17, 15) is 14.7 Å². The average molecular weight is 602 g/mol. The van der Waals surface area contributed by atoms with Crippen molar-refractivity contribution in [1.29, 1.82) is 0 Å². The summed E-state index contributed by atoms with van der Waals surface area (Å²) in [6, 6.07) is 19.2. The van der Waals surface area contributed by atoms with Crippen molar-refractivity contribution >= 4 is 20.0 Å². The number of hydrogen-bond acceptors (Lipinski definition) is 7. The van der Waals surface area contributed by atoms with E-state index in [4.69, 9.17) is 24.2 Å². The summed E-state index contributed by atoms with van der Waals surface area (Å²) >= 11 is 0. The number of rotatable bonds is 13. The van der Waals surface area contributed by atoms with Gasteiger partial charge in [0.1, 0.15) is 24.9 Å². The van der Waals surface area contributed by atoms with Crippen molar-refractivity contribution in [1.82, 2.24) is 14.5 Å². The standard InChI is InChI=1S/C33H39N3O6Si/c1-33(2,32(39)40-3)21-42-27-13-10-23(11-14-27)28-15-12-26(19-34-28)30-35-29(24-8-7-9-25(18-24)31(37)38)20-36(30)22-41-16-17-43(4,5)6/h7-15,18-20H,16-17,21-22H2,1-6H3,(H,37,38). The van der Waals surface area contributed by atoms with Crippen LogP contribution in [0.2, 0.25) is 25.7 Å². The highest BCUT2D eigenvalue weighted by atomic mass is 28.3. The molecule has 0 radical (unpaired) electrons. The van der Waals surface area contributed by atoms with Crippen LogP contribution in [0, 0.1) is 5.41 Å². The van der Waals surface area contributed by atoms with Crippen molar-refractivity contribution in [2.24, 2.45) is 5.41 Å². The number of imidazole rings is 1. The van der Waals surface area contributed by atoms with Gasteiger partial charge in [-0.25, -0.2) is 9.78 Å². The lowest BCUT2D eigenvalue weighted by atomic mass is 9.95. The Morgan fingerprint density at radius 2 is 1.67 bits per heavy atom. The van der Waals surface area contributed by atoms with E-state index in [2.05, 4.69) is 19.6 Å². The maximum atomic E-state index is 11.9. The molecular formula is C33H39N3O6Si. The Kier molecular flexibility index (Phi) is 9.83. The monoisotopic (exact) mass is 601 g/mol. The maximum absolute atomic E-state index is 11.9. The highest BCUT2D eigenvalue weighted by Crippen LogP contribution is 2.28. The van der Waals surface area contributed by atoms with Crippen LogP contribution in [0.3, 0.4) is 0 Å². The molecule has 0 aliphatic heterocycles. The van der Waals surface area contributed by atoms with Crippen molar-refractivity contribution in [3.8, 4) is 39.7 Å². The second kappa shape index (κ2) is 13.3. The molecule has 2 heterocycles. The Labute approximate surface area is 253 Å². The number of pyridine rings is 1. The number of benzene rings is 2. The SMILES string of the molecule is COC(=O)C(C)(C)COc1ccc(-c2ccc(-c3nc(-c4cccc(C(=O)O)c4)cn3COCC[Si](C)(C)C)cn2)cc1. The lowest BCUT2D eigenvalue weighted by Gasteiger charge is -2.21. The van der Waals surface area contributed by atoms with Gasteiger partial charge in [0, 0.05) is 43.8 Å². The summed E-state index contributed by atoms with van der Waals surface area (Å²) in [4.78, 5) is 33.0. The van der Waals surface area contributed by atoms with Gasteiger partial charge < -0.3 is 23.9 Å². The number of ether oxygens (including phenoxy) is 3. The van der Waals surface area contributed by atoms with Crippen LogP contribution in [-0.4, -0.2) is 60.0 Å². The van der Waals surface area contributed by atoms with Crippen molar-refractivity contribution in [3.05, 3.63) is 78.6 Å². The fraction of sp³-hybridized carbons (Fsp3) is 0.333. The zero-order valence-electron chi connectivity index (χ0n) is 25.6. The third-order valence-electron chi connectivity index (χ3n) is 6.92.